The molecular weight excluding hydrogens is 240 g/mol. The number of cyclic esters (lactones) is 1. The minimum Gasteiger partial charge on any atom is -0.460 e. The van der Waals surface area contributed by atoms with Crippen molar-refractivity contribution < 1.29 is 28.6 Å². The third-order valence-electron chi connectivity index (χ3n) is 2.53. The quantitative estimate of drug-likeness (QED) is 0.416. The molecule has 0 aromatic rings. The van der Waals surface area contributed by atoms with Crippen LogP contribution >= 0.6 is 0 Å². The van der Waals surface area contributed by atoms with Crippen LogP contribution in [0.15, 0.2) is 12.7 Å². The molecule has 0 saturated carbocycles. The molecule has 0 spiro atoms. The van der Waals surface area contributed by atoms with E-state index in [2.05, 4.69) is 11.3 Å². The van der Waals surface area contributed by atoms with Gasteiger partial charge in [-0.05, 0) is 13.3 Å². The first-order chi connectivity index (χ1) is 8.43. The van der Waals surface area contributed by atoms with Crippen LogP contribution in [0.5, 0.6) is 0 Å². The molecule has 0 radical (unpaired) electrons. The van der Waals surface area contributed by atoms with Gasteiger partial charge in [0, 0.05) is 12.0 Å². The van der Waals surface area contributed by atoms with Gasteiger partial charge in [-0.3, -0.25) is 0 Å². The lowest BCUT2D eigenvalue weighted by Gasteiger charge is -2.30. The molecular formula is C12H16O6. The highest BCUT2D eigenvalue weighted by Gasteiger charge is 2.37. The largest absolute Gasteiger partial charge is 0.460 e. The number of rotatable bonds is 4. The van der Waals surface area contributed by atoms with Gasteiger partial charge in [0.15, 0.2) is 6.61 Å². The molecule has 3 atom stereocenters. The fourth-order valence-electron chi connectivity index (χ4n) is 1.72. The van der Waals surface area contributed by atoms with E-state index in [1.807, 2.05) is 0 Å². The van der Waals surface area contributed by atoms with E-state index in [4.69, 9.17) is 9.47 Å². The van der Waals surface area contributed by atoms with E-state index in [0.717, 1.165) is 6.08 Å². The lowest BCUT2D eigenvalue weighted by atomic mass is 9.95. The van der Waals surface area contributed by atoms with Gasteiger partial charge in [0.2, 0.25) is 6.10 Å². The fraction of sp³-hybridized carbons (Fsp3) is 0.583. The Kier molecular flexibility index (Phi) is 4.88. The van der Waals surface area contributed by atoms with Gasteiger partial charge in [-0.15, -0.1) is 0 Å². The molecule has 6 nitrogen and oxygen atoms in total. The molecule has 6 heteroatoms. The van der Waals surface area contributed by atoms with Crippen molar-refractivity contribution in [2.45, 2.75) is 32.5 Å². The molecule has 1 fully saturated rings. The van der Waals surface area contributed by atoms with Crippen LogP contribution in [-0.4, -0.2) is 36.7 Å². The zero-order chi connectivity index (χ0) is 13.7. The van der Waals surface area contributed by atoms with Crippen molar-refractivity contribution in [1.82, 2.24) is 0 Å². The van der Waals surface area contributed by atoms with Crippen LogP contribution < -0.4 is 0 Å². The summed E-state index contributed by atoms with van der Waals surface area (Å²) in [4.78, 5) is 33.6. The second kappa shape index (κ2) is 6.18. The van der Waals surface area contributed by atoms with Crippen LogP contribution in [0.2, 0.25) is 0 Å². The number of ether oxygens (including phenoxy) is 3. The Hall–Kier alpha value is -1.85. The van der Waals surface area contributed by atoms with Gasteiger partial charge in [-0.1, -0.05) is 13.5 Å². The summed E-state index contributed by atoms with van der Waals surface area (Å²) in [6.07, 6.45) is 0.444. The summed E-state index contributed by atoms with van der Waals surface area (Å²) >= 11 is 0. The van der Waals surface area contributed by atoms with Crippen molar-refractivity contribution in [3.63, 3.8) is 0 Å². The van der Waals surface area contributed by atoms with Crippen LogP contribution in [0.25, 0.3) is 0 Å². The molecule has 0 aromatic heterocycles. The summed E-state index contributed by atoms with van der Waals surface area (Å²) in [7, 11) is 0. The molecule has 0 N–H and O–H groups in total. The Morgan fingerprint density at radius 3 is 2.72 bits per heavy atom. The van der Waals surface area contributed by atoms with Gasteiger partial charge >= 0.3 is 17.9 Å². The monoisotopic (exact) mass is 256 g/mol. The van der Waals surface area contributed by atoms with Crippen molar-refractivity contribution in [3.05, 3.63) is 12.7 Å². The summed E-state index contributed by atoms with van der Waals surface area (Å²) in [5.41, 5.74) is 0. The smallest absolute Gasteiger partial charge is 0.348 e. The molecule has 0 aromatic carbocycles. The average molecular weight is 256 g/mol. The highest BCUT2D eigenvalue weighted by molar-refractivity contribution is 5.85. The topological polar surface area (TPSA) is 78.9 Å². The molecule has 1 aliphatic heterocycles. The van der Waals surface area contributed by atoms with Gasteiger partial charge < -0.3 is 14.2 Å². The van der Waals surface area contributed by atoms with Crippen LogP contribution in [0.4, 0.5) is 0 Å². The molecule has 1 saturated heterocycles. The minimum atomic E-state index is -0.934. The number of hydrogen-bond acceptors (Lipinski definition) is 6. The maximum absolute atomic E-state index is 11.5. The summed E-state index contributed by atoms with van der Waals surface area (Å²) in [6, 6.07) is 0. The SMILES string of the molecule is C=CC(=O)OCC(=O)OC1C(=O)OC(C)CC1C. The average Bonchev–Trinajstić information content (AvgIpc) is 2.30. The summed E-state index contributed by atoms with van der Waals surface area (Å²) in [6.45, 7) is 6.21. The van der Waals surface area contributed by atoms with Gasteiger partial charge in [-0.2, -0.15) is 0 Å². The van der Waals surface area contributed by atoms with E-state index in [1.54, 1.807) is 13.8 Å². The third-order valence-corrected chi connectivity index (χ3v) is 2.53. The zero-order valence-corrected chi connectivity index (χ0v) is 10.4. The Morgan fingerprint density at radius 2 is 2.17 bits per heavy atom. The van der Waals surface area contributed by atoms with Crippen LogP contribution in [0.3, 0.4) is 0 Å². The molecule has 0 amide bonds. The van der Waals surface area contributed by atoms with Crippen LogP contribution in [0.1, 0.15) is 20.3 Å². The van der Waals surface area contributed by atoms with E-state index in [9.17, 15) is 14.4 Å². The van der Waals surface area contributed by atoms with Gasteiger partial charge in [-0.25, -0.2) is 14.4 Å². The van der Waals surface area contributed by atoms with E-state index >= 15 is 0 Å². The predicted molar refractivity (Wildman–Crippen MR) is 60.4 cm³/mol. The Balaban J connectivity index is 2.45. The van der Waals surface area contributed by atoms with E-state index in [-0.39, 0.29) is 12.0 Å². The highest BCUT2D eigenvalue weighted by Crippen LogP contribution is 2.23. The van der Waals surface area contributed by atoms with Gasteiger partial charge in [0.25, 0.3) is 0 Å². The number of esters is 3. The lowest BCUT2D eigenvalue weighted by Crippen LogP contribution is -2.43. The van der Waals surface area contributed by atoms with Crippen LogP contribution in [-0.2, 0) is 28.6 Å². The zero-order valence-electron chi connectivity index (χ0n) is 10.4. The summed E-state index contributed by atoms with van der Waals surface area (Å²) in [5, 5.41) is 0. The second-order valence-corrected chi connectivity index (χ2v) is 4.18. The molecule has 1 aliphatic rings. The van der Waals surface area contributed by atoms with Crippen molar-refractivity contribution in [1.29, 1.82) is 0 Å². The van der Waals surface area contributed by atoms with Crippen molar-refractivity contribution >= 4 is 17.9 Å². The van der Waals surface area contributed by atoms with E-state index < -0.39 is 30.6 Å². The first-order valence-corrected chi connectivity index (χ1v) is 5.63. The van der Waals surface area contributed by atoms with E-state index in [0.29, 0.717) is 6.42 Å². The Bertz CT molecular complexity index is 362. The minimum absolute atomic E-state index is 0.125. The Labute approximate surface area is 105 Å². The number of hydrogen-bond donors (Lipinski definition) is 0. The van der Waals surface area contributed by atoms with Gasteiger partial charge in [0.1, 0.15) is 0 Å². The molecule has 0 aliphatic carbocycles. The van der Waals surface area contributed by atoms with Crippen molar-refractivity contribution in [2.75, 3.05) is 6.61 Å². The van der Waals surface area contributed by atoms with Crippen LogP contribution in [0, 0.1) is 5.92 Å². The molecule has 18 heavy (non-hydrogen) atoms. The molecule has 100 valence electrons. The fourth-order valence-corrected chi connectivity index (χ4v) is 1.72. The normalized spacial score (nSPS) is 27.0. The number of carbonyl (C=O) groups is 3. The molecule has 1 rings (SSSR count). The first-order valence-electron chi connectivity index (χ1n) is 5.63. The molecule has 1 heterocycles. The Morgan fingerprint density at radius 1 is 1.50 bits per heavy atom. The lowest BCUT2D eigenvalue weighted by molar-refractivity contribution is -0.185. The standard InChI is InChI=1S/C12H16O6/c1-4-9(13)16-6-10(14)18-11-7(2)5-8(3)17-12(11)15/h4,7-8,11H,1,5-6H2,2-3H3. The van der Waals surface area contributed by atoms with Crippen molar-refractivity contribution in [2.24, 2.45) is 5.92 Å². The summed E-state index contributed by atoms with van der Waals surface area (Å²) < 4.78 is 14.4. The maximum atomic E-state index is 11.5. The molecule has 0 bridgehead atoms. The first kappa shape index (κ1) is 14.2. The van der Waals surface area contributed by atoms with Crippen molar-refractivity contribution in [3.8, 4) is 0 Å². The second-order valence-electron chi connectivity index (χ2n) is 4.18. The number of carbonyl (C=O) groups excluding carboxylic acids is 3. The van der Waals surface area contributed by atoms with Gasteiger partial charge in [0.05, 0.1) is 6.10 Å². The van der Waals surface area contributed by atoms with E-state index in [1.165, 1.54) is 0 Å². The third kappa shape index (κ3) is 3.87. The summed E-state index contributed by atoms with van der Waals surface area (Å²) in [5.74, 6) is -2.20. The molecule has 3 unspecified atom stereocenters. The highest BCUT2D eigenvalue weighted by atomic mass is 16.6. The predicted octanol–water partition coefficient (Wildman–Crippen LogP) is 0.599. The maximum Gasteiger partial charge on any atom is 0.348 e.